The first kappa shape index (κ1) is 46.2. The van der Waals surface area contributed by atoms with Gasteiger partial charge in [0.05, 0.1) is 28.7 Å². The molecule has 1 N–H and O–H groups in total. The molecule has 18 heteroatoms. The number of carbonyl (C=O) groups excluding carboxylic acids is 2. The average Bonchev–Trinajstić information content (AvgIpc) is 3.77. The Morgan fingerprint density at radius 2 is 1.92 bits per heavy atom. The summed E-state index contributed by atoms with van der Waals surface area (Å²) in [4.78, 5) is 44.5. The molecule has 5 atom stereocenters. The zero-order chi connectivity index (χ0) is 45.3. The number of nitrogens with zero attached hydrogens (tertiary/aromatic N) is 6. The SMILES string of the molecule is C#Cc1c(F)ccc2cc(OP(=O)(N[C@@H](C)C(=O)OC(C)C)OC(C)C)cc(-c3ncc4c(N(C)C[C@@H]5CCCN5C(=O)C=C)nc(OC[C@]5(C)C[C@@H](F)CN5C)nc4c3F)c12. The van der Waals surface area contributed by atoms with E-state index in [1.807, 2.05) is 11.8 Å². The van der Waals surface area contributed by atoms with Gasteiger partial charge in [-0.3, -0.25) is 24.0 Å². The molecule has 0 saturated carbocycles. The number of aromatic nitrogens is 3. The molecule has 62 heavy (non-hydrogen) atoms. The quantitative estimate of drug-likeness (QED) is 0.0518. The van der Waals surface area contributed by atoms with Crippen molar-refractivity contribution in [1.82, 2.24) is 29.8 Å². The first-order valence-corrected chi connectivity index (χ1v) is 22.0. The van der Waals surface area contributed by atoms with Crippen molar-refractivity contribution in [3.63, 3.8) is 0 Å². The number of benzene rings is 2. The molecule has 2 aromatic heterocycles. The Labute approximate surface area is 359 Å². The average molecular weight is 880 g/mol. The van der Waals surface area contributed by atoms with Gasteiger partial charge in [0.2, 0.25) is 5.91 Å². The molecule has 0 aliphatic carbocycles. The van der Waals surface area contributed by atoms with Crippen molar-refractivity contribution in [3.8, 4) is 35.4 Å². The van der Waals surface area contributed by atoms with Crippen LogP contribution < -0.4 is 19.2 Å². The lowest BCUT2D eigenvalue weighted by molar-refractivity contribution is -0.149. The van der Waals surface area contributed by atoms with Crippen LogP contribution in [0.3, 0.4) is 0 Å². The van der Waals surface area contributed by atoms with Crippen molar-refractivity contribution in [1.29, 1.82) is 0 Å². The molecule has 0 radical (unpaired) electrons. The highest BCUT2D eigenvalue weighted by Crippen LogP contribution is 2.48. The van der Waals surface area contributed by atoms with Gasteiger partial charge in [-0.25, -0.2) is 17.7 Å². The largest absolute Gasteiger partial charge is 0.462 e. The highest BCUT2D eigenvalue weighted by atomic mass is 31.2. The van der Waals surface area contributed by atoms with Crippen molar-refractivity contribution in [2.75, 3.05) is 45.2 Å². The number of likely N-dealkylation sites (tertiary alicyclic amines) is 2. The van der Waals surface area contributed by atoms with Gasteiger partial charge in [0.15, 0.2) is 5.82 Å². The smallest absolute Gasteiger partial charge is 0.459 e. The van der Waals surface area contributed by atoms with Gasteiger partial charge in [-0.05, 0) is 91.1 Å². The van der Waals surface area contributed by atoms with Crippen LogP contribution in [0, 0.1) is 24.0 Å². The number of esters is 1. The van der Waals surface area contributed by atoms with Gasteiger partial charge in [-0.2, -0.15) is 15.1 Å². The van der Waals surface area contributed by atoms with Crippen LogP contribution in [-0.2, 0) is 23.4 Å². The number of nitrogens with one attached hydrogen (secondary N) is 1. The molecule has 1 unspecified atom stereocenters. The maximum Gasteiger partial charge on any atom is 0.459 e. The fourth-order valence-electron chi connectivity index (χ4n) is 7.92. The lowest BCUT2D eigenvalue weighted by atomic mass is 9.96. The van der Waals surface area contributed by atoms with Crippen LogP contribution >= 0.6 is 7.75 Å². The van der Waals surface area contributed by atoms with Crippen LogP contribution in [0.15, 0.2) is 43.1 Å². The molecule has 1 amide bonds. The fraction of sp³-hybridized carbons (Fsp3) is 0.477. The molecule has 4 heterocycles. The minimum Gasteiger partial charge on any atom is -0.462 e. The molecule has 0 bridgehead atoms. The lowest BCUT2D eigenvalue weighted by Crippen LogP contribution is -2.43. The van der Waals surface area contributed by atoms with Gasteiger partial charge in [-0.1, -0.05) is 18.6 Å². The van der Waals surface area contributed by atoms with Gasteiger partial charge in [-0.15, -0.1) is 6.42 Å². The second-order valence-electron chi connectivity index (χ2n) is 16.6. The number of hydrogen-bond donors (Lipinski definition) is 1. The van der Waals surface area contributed by atoms with E-state index in [0.717, 1.165) is 12.5 Å². The van der Waals surface area contributed by atoms with E-state index in [1.54, 1.807) is 51.6 Å². The summed E-state index contributed by atoms with van der Waals surface area (Å²) in [6, 6.07) is 3.74. The minimum absolute atomic E-state index is 0.0163. The second kappa shape index (κ2) is 18.6. The van der Waals surface area contributed by atoms with E-state index in [2.05, 4.69) is 27.6 Å². The molecule has 2 fully saturated rings. The zero-order valence-electron chi connectivity index (χ0n) is 36.2. The van der Waals surface area contributed by atoms with E-state index < -0.39 is 55.3 Å². The summed E-state index contributed by atoms with van der Waals surface area (Å²) in [5, 5.41) is 3.19. The number of amides is 1. The summed E-state index contributed by atoms with van der Waals surface area (Å²) in [7, 11) is -0.841. The Kier molecular flexibility index (Phi) is 13.9. The third-order valence-electron chi connectivity index (χ3n) is 11.0. The van der Waals surface area contributed by atoms with Crippen LogP contribution in [0.4, 0.5) is 19.0 Å². The van der Waals surface area contributed by atoms with Gasteiger partial charge in [0, 0.05) is 56.3 Å². The van der Waals surface area contributed by atoms with Crippen molar-refractivity contribution in [2.45, 2.75) is 96.8 Å². The predicted molar refractivity (Wildman–Crippen MR) is 231 cm³/mol. The van der Waals surface area contributed by atoms with Gasteiger partial charge in [0.1, 0.15) is 47.4 Å². The number of fused-ring (bicyclic) bond motifs is 2. The minimum atomic E-state index is -4.38. The number of halogens is 3. The normalized spacial score (nSPS) is 20.7. The molecule has 332 valence electrons. The molecule has 6 rings (SSSR count). The summed E-state index contributed by atoms with van der Waals surface area (Å²) in [5.41, 5.74) is -1.49. The van der Waals surface area contributed by atoms with Crippen molar-refractivity contribution in [2.24, 2.45) is 0 Å². The third-order valence-corrected chi connectivity index (χ3v) is 12.8. The molecule has 2 saturated heterocycles. The van der Waals surface area contributed by atoms with Crippen LogP contribution in [0.2, 0.25) is 0 Å². The first-order chi connectivity index (χ1) is 29.3. The Hall–Kier alpha value is -5.27. The molecular weight excluding hydrogens is 826 g/mol. The van der Waals surface area contributed by atoms with Gasteiger partial charge >= 0.3 is 19.7 Å². The van der Waals surface area contributed by atoms with E-state index in [0.29, 0.717) is 19.5 Å². The van der Waals surface area contributed by atoms with Crippen LogP contribution in [0.1, 0.15) is 66.4 Å². The molecular formula is C44H53F3N7O7P. The highest BCUT2D eigenvalue weighted by molar-refractivity contribution is 7.52. The molecule has 2 aromatic carbocycles. The van der Waals surface area contributed by atoms with Crippen molar-refractivity contribution >= 4 is 47.1 Å². The Balaban J connectivity index is 1.50. The van der Waals surface area contributed by atoms with Crippen LogP contribution in [0.25, 0.3) is 32.9 Å². The van der Waals surface area contributed by atoms with E-state index in [-0.39, 0.29) is 87.6 Å². The number of rotatable bonds is 16. The summed E-state index contributed by atoms with van der Waals surface area (Å²) >= 11 is 0. The number of pyridine rings is 1. The van der Waals surface area contributed by atoms with E-state index >= 15 is 8.78 Å². The molecule has 2 aliphatic rings. The highest BCUT2D eigenvalue weighted by Gasteiger charge is 2.41. The summed E-state index contributed by atoms with van der Waals surface area (Å²) < 4.78 is 85.0. The second-order valence-corrected chi connectivity index (χ2v) is 18.3. The van der Waals surface area contributed by atoms with E-state index in [4.69, 9.17) is 29.9 Å². The summed E-state index contributed by atoms with van der Waals surface area (Å²) in [6.45, 7) is 14.6. The van der Waals surface area contributed by atoms with E-state index in [1.165, 1.54) is 37.4 Å². The standard InChI is InChI=1S/C44H53F3N7O7P/c1-11-32-35(46)16-15-28-18-31(61-62(57,60-26(5)6)51-27(7)42(56)59-25(3)4)19-33(37(28)32)39-38(47)40-34(21-48-39)41(52(9)23-30-14-13-17-54(30)36(55)12-2)50-43(49-40)58-24-44(8)20-29(45)22-53(44)10/h1,12,15-16,18-19,21,25-27,29-30H,2,13-14,17,20,22-24H2,3-10H3,(H,51,57)/t27-,29+,30-,44-,62?/m0/s1. The third kappa shape index (κ3) is 9.84. The zero-order valence-corrected chi connectivity index (χ0v) is 37.1. The Bertz CT molecular complexity index is 2470. The molecule has 4 aromatic rings. The van der Waals surface area contributed by atoms with Gasteiger partial charge < -0.3 is 23.8 Å². The number of likely N-dealkylation sites (N-methyl/N-ethyl adjacent to an activating group) is 2. The monoisotopic (exact) mass is 879 g/mol. The first-order valence-electron chi connectivity index (χ1n) is 20.4. The van der Waals surface area contributed by atoms with E-state index in [9.17, 15) is 18.5 Å². The Morgan fingerprint density at radius 1 is 1.18 bits per heavy atom. The molecule has 0 spiro atoms. The Morgan fingerprint density at radius 3 is 2.56 bits per heavy atom. The number of ether oxygens (including phenoxy) is 2. The maximum atomic E-state index is 17.5. The number of terminal acetylenes is 1. The van der Waals surface area contributed by atoms with Crippen LogP contribution in [0.5, 0.6) is 11.8 Å². The van der Waals surface area contributed by atoms with Crippen LogP contribution in [-0.4, -0.2) is 113 Å². The maximum absolute atomic E-state index is 17.5. The fourth-order valence-corrected chi connectivity index (χ4v) is 9.59. The van der Waals surface area contributed by atoms with Crippen molar-refractivity contribution < 1.29 is 45.8 Å². The molecule has 14 nitrogen and oxygen atoms in total. The molecule has 2 aliphatic heterocycles. The number of alkyl halides is 1. The predicted octanol–water partition coefficient (Wildman–Crippen LogP) is 7.37. The number of hydrogen-bond acceptors (Lipinski definition) is 12. The lowest BCUT2D eigenvalue weighted by Gasteiger charge is -2.31. The number of carbonyl (C=O) groups is 2. The topological polar surface area (TPSA) is 149 Å². The van der Waals surface area contributed by atoms with Crippen molar-refractivity contribution in [3.05, 3.63) is 60.3 Å². The summed E-state index contributed by atoms with van der Waals surface area (Å²) in [5.74, 6) is -0.144. The number of anilines is 1. The summed E-state index contributed by atoms with van der Waals surface area (Å²) in [6.07, 6.45) is 8.02. The van der Waals surface area contributed by atoms with Gasteiger partial charge in [0.25, 0.3) is 0 Å².